The molecule has 34 heavy (non-hydrogen) atoms. The number of fused-ring (bicyclic) bond motifs is 1. The van der Waals surface area contributed by atoms with Gasteiger partial charge in [0.05, 0.1) is 18.2 Å². The van der Waals surface area contributed by atoms with E-state index in [4.69, 9.17) is 4.74 Å². The Morgan fingerprint density at radius 1 is 1.00 bits per heavy atom. The number of benzene rings is 3. The minimum Gasteiger partial charge on any atom is -0.507 e. The van der Waals surface area contributed by atoms with E-state index in [0.717, 1.165) is 28.5 Å². The molecule has 176 valence electrons. The summed E-state index contributed by atoms with van der Waals surface area (Å²) in [7, 11) is 3.84. The number of aliphatic hydroxyl groups is 1. The van der Waals surface area contributed by atoms with E-state index >= 15 is 0 Å². The average molecular weight is 459 g/mol. The molecule has 4 rings (SSSR count). The van der Waals surface area contributed by atoms with Crippen LogP contribution >= 0.6 is 0 Å². The van der Waals surface area contributed by atoms with E-state index in [1.54, 1.807) is 11.0 Å². The van der Waals surface area contributed by atoms with Crippen molar-refractivity contribution in [1.29, 1.82) is 0 Å². The lowest BCUT2D eigenvalue weighted by Gasteiger charge is -2.26. The van der Waals surface area contributed by atoms with E-state index in [9.17, 15) is 14.7 Å². The quantitative estimate of drug-likeness (QED) is 0.303. The van der Waals surface area contributed by atoms with Gasteiger partial charge >= 0.3 is 0 Å². The molecule has 1 fully saturated rings. The molecule has 6 heteroatoms. The third-order valence-corrected chi connectivity index (χ3v) is 6.04. The van der Waals surface area contributed by atoms with Crippen molar-refractivity contribution < 1.29 is 19.4 Å². The molecule has 0 bridgehead atoms. The number of carbonyl (C=O) groups excluding carboxylic acids is 2. The fourth-order valence-electron chi connectivity index (χ4n) is 4.31. The summed E-state index contributed by atoms with van der Waals surface area (Å²) in [5, 5.41) is 13.2. The first kappa shape index (κ1) is 23.5. The molecule has 1 amide bonds. The number of amides is 1. The van der Waals surface area contributed by atoms with Crippen molar-refractivity contribution in [3.05, 3.63) is 83.4 Å². The van der Waals surface area contributed by atoms with Crippen molar-refractivity contribution >= 4 is 28.2 Å². The fraction of sp³-hybridized carbons (Fsp3) is 0.286. The Hall–Kier alpha value is -3.64. The summed E-state index contributed by atoms with van der Waals surface area (Å²) in [6, 6.07) is 20.0. The van der Waals surface area contributed by atoms with E-state index in [2.05, 4.69) is 0 Å². The monoisotopic (exact) mass is 458 g/mol. The highest BCUT2D eigenvalue weighted by Gasteiger charge is 2.46. The zero-order chi connectivity index (χ0) is 24.2. The molecular weight excluding hydrogens is 428 g/mol. The van der Waals surface area contributed by atoms with E-state index in [-0.39, 0.29) is 11.3 Å². The van der Waals surface area contributed by atoms with Gasteiger partial charge in [0.2, 0.25) is 0 Å². The Morgan fingerprint density at radius 3 is 2.41 bits per heavy atom. The SMILES string of the molecule is CCCOc1ccc(C2/C(=C(/O)c3cccc4ccccc34)C(=O)C(=O)N2CCN(C)C)cc1. The maximum atomic E-state index is 13.3. The molecule has 1 unspecified atom stereocenters. The first-order chi connectivity index (χ1) is 16.4. The van der Waals surface area contributed by atoms with Crippen LogP contribution in [-0.4, -0.2) is 60.4 Å². The number of likely N-dealkylation sites (N-methyl/N-ethyl adjacent to an activating group) is 1. The van der Waals surface area contributed by atoms with Crippen molar-refractivity contribution in [2.24, 2.45) is 0 Å². The number of Topliss-reactive ketones (excluding diaryl/α,β-unsaturated/α-hetero) is 1. The topological polar surface area (TPSA) is 70.1 Å². The average Bonchev–Trinajstić information content (AvgIpc) is 3.10. The van der Waals surface area contributed by atoms with Crippen molar-refractivity contribution in [3.8, 4) is 5.75 Å². The highest BCUT2D eigenvalue weighted by molar-refractivity contribution is 6.46. The third-order valence-electron chi connectivity index (χ3n) is 6.04. The molecule has 3 aromatic carbocycles. The number of aliphatic hydroxyl groups excluding tert-OH is 1. The van der Waals surface area contributed by atoms with Gasteiger partial charge in [-0.1, -0.05) is 61.5 Å². The van der Waals surface area contributed by atoms with E-state index < -0.39 is 17.7 Å². The first-order valence-corrected chi connectivity index (χ1v) is 11.6. The van der Waals surface area contributed by atoms with Crippen molar-refractivity contribution in [3.63, 3.8) is 0 Å². The van der Waals surface area contributed by atoms with Gasteiger partial charge in [0.15, 0.2) is 0 Å². The second kappa shape index (κ2) is 10.1. The number of hydrogen-bond donors (Lipinski definition) is 1. The van der Waals surface area contributed by atoms with Crippen LogP contribution in [0.5, 0.6) is 5.75 Å². The standard InChI is InChI=1S/C28H30N2O4/c1-4-18-34-21-14-12-20(13-15-21)25-24(27(32)28(33)30(25)17-16-29(2)3)26(31)23-11-7-9-19-8-5-6-10-22(19)23/h5-15,25,31H,4,16-18H2,1-3H3/b26-24-. The molecule has 0 aromatic heterocycles. The first-order valence-electron chi connectivity index (χ1n) is 11.6. The molecular formula is C28H30N2O4. The number of ether oxygens (including phenoxy) is 1. The predicted octanol–water partition coefficient (Wildman–Crippen LogP) is 4.61. The van der Waals surface area contributed by atoms with Crippen LogP contribution in [-0.2, 0) is 9.59 Å². The lowest BCUT2D eigenvalue weighted by atomic mass is 9.93. The van der Waals surface area contributed by atoms with Gasteiger partial charge in [-0.15, -0.1) is 0 Å². The lowest BCUT2D eigenvalue weighted by molar-refractivity contribution is -0.140. The fourth-order valence-corrected chi connectivity index (χ4v) is 4.31. The van der Waals surface area contributed by atoms with E-state index in [1.807, 2.05) is 86.6 Å². The summed E-state index contributed by atoms with van der Waals surface area (Å²) in [6.07, 6.45) is 0.900. The molecule has 1 aliphatic rings. The van der Waals surface area contributed by atoms with Crippen molar-refractivity contribution in [1.82, 2.24) is 9.80 Å². The molecule has 1 atom stereocenters. The summed E-state index contributed by atoms with van der Waals surface area (Å²) < 4.78 is 5.70. The van der Waals surface area contributed by atoms with Gasteiger partial charge in [-0.25, -0.2) is 0 Å². The Kier molecular flexibility index (Phi) is 6.98. The molecule has 1 aliphatic heterocycles. The van der Waals surface area contributed by atoms with Crippen LogP contribution in [0.2, 0.25) is 0 Å². The zero-order valence-electron chi connectivity index (χ0n) is 19.8. The van der Waals surface area contributed by atoms with Gasteiger partial charge in [-0.3, -0.25) is 9.59 Å². The maximum absolute atomic E-state index is 13.3. The lowest BCUT2D eigenvalue weighted by Crippen LogP contribution is -2.35. The molecule has 3 aromatic rings. The van der Waals surface area contributed by atoms with Crippen LogP contribution in [0.1, 0.15) is 30.5 Å². The number of ketones is 1. The maximum Gasteiger partial charge on any atom is 0.295 e. The molecule has 1 heterocycles. The summed E-state index contributed by atoms with van der Waals surface area (Å²) in [6.45, 7) is 3.61. The minimum atomic E-state index is -0.681. The number of likely N-dealkylation sites (tertiary alicyclic amines) is 1. The van der Waals surface area contributed by atoms with Crippen LogP contribution in [0, 0.1) is 0 Å². The Bertz CT molecular complexity index is 1230. The van der Waals surface area contributed by atoms with Crippen molar-refractivity contribution in [2.45, 2.75) is 19.4 Å². The van der Waals surface area contributed by atoms with Crippen molar-refractivity contribution in [2.75, 3.05) is 33.8 Å². The largest absolute Gasteiger partial charge is 0.507 e. The third kappa shape index (κ3) is 4.54. The zero-order valence-corrected chi connectivity index (χ0v) is 19.8. The summed E-state index contributed by atoms with van der Waals surface area (Å²) in [5.41, 5.74) is 1.41. The minimum absolute atomic E-state index is 0.113. The van der Waals surface area contributed by atoms with Gasteiger partial charge < -0.3 is 19.6 Å². The normalized spacial score (nSPS) is 17.6. The molecule has 6 nitrogen and oxygen atoms in total. The van der Waals surface area contributed by atoms with Crippen LogP contribution in [0.25, 0.3) is 16.5 Å². The number of nitrogens with zero attached hydrogens (tertiary/aromatic N) is 2. The Labute approximate surface area is 200 Å². The number of hydrogen-bond acceptors (Lipinski definition) is 5. The molecule has 0 spiro atoms. The van der Waals surface area contributed by atoms with E-state index in [0.29, 0.717) is 25.3 Å². The van der Waals surface area contributed by atoms with Crippen LogP contribution < -0.4 is 4.74 Å². The van der Waals surface area contributed by atoms with Crippen LogP contribution in [0.4, 0.5) is 0 Å². The Morgan fingerprint density at radius 2 is 1.71 bits per heavy atom. The molecule has 0 aliphatic carbocycles. The predicted molar refractivity (Wildman–Crippen MR) is 134 cm³/mol. The highest BCUT2D eigenvalue weighted by atomic mass is 16.5. The van der Waals surface area contributed by atoms with Gasteiger partial charge in [0.1, 0.15) is 11.5 Å². The smallest absolute Gasteiger partial charge is 0.295 e. The van der Waals surface area contributed by atoms with E-state index in [1.165, 1.54) is 0 Å². The molecule has 0 saturated carbocycles. The Balaban J connectivity index is 1.84. The second-order valence-corrected chi connectivity index (χ2v) is 8.74. The highest BCUT2D eigenvalue weighted by Crippen LogP contribution is 2.40. The summed E-state index contributed by atoms with van der Waals surface area (Å²) in [4.78, 5) is 29.9. The van der Waals surface area contributed by atoms with Crippen LogP contribution in [0.15, 0.2) is 72.3 Å². The summed E-state index contributed by atoms with van der Waals surface area (Å²) in [5.74, 6) is -0.691. The van der Waals surface area contributed by atoms with Gasteiger partial charge in [-0.2, -0.15) is 0 Å². The molecule has 1 saturated heterocycles. The molecule has 0 radical (unpaired) electrons. The second-order valence-electron chi connectivity index (χ2n) is 8.74. The van der Waals surface area contributed by atoms with Crippen LogP contribution in [0.3, 0.4) is 0 Å². The number of carbonyl (C=O) groups is 2. The number of rotatable bonds is 8. The van der Waals surface area contributed by atoms with Gasteiger partial charge in [0, 0.05) is 18.7 Å². The summed E-state index contributed by atoms with van der Waals surface area (Å²) >= 11 is 0. The molecule has 1 N–H and O–H groups in total. The van der Waals surface area contributed by atoms with Gasteiger partial charge in [-0.05, 0) is 49.0 Å². The van der Waals surface area contributed by atoms with Gasteiger partial charge in [0.25, 0.3) is 11.7 Å².